The lowest BCUT2D eigenvalue weighted by atomic mass is 10.2. The van der Waals surface area contributed by atoms with Gasteiger partial charge in [-0.25, -0.2) is 9.37 Å². The number of nitrogens with zero attached hydrogens (tertiary/aromatic N) is 2. The van der Waals surface area contributed by atoms with Crippen LogP contribution >= 0.6 is 11.6 Å². The second kappa shape index (κ2) is 5.71. The normalized spacial score (nSPS) is 10.9. The molecule has 0 aliphatic heterocycles. The molecule has 0 atom stereocenters. The highest BCUT2D eigenvalue weighted by molar-refractivity contribution is 6.30. The lowest BCUT2D eigenvalue weighted by Gasteiger charge is -2.12. The molecule has 6 heteroatoms. The molecule has 0 radical (unpaired) electrons. The van der Waals surface area contributed by atoms with Crippen molar-refractivity contribution in [3.05, 3.63) is 46.4 Å². The van der Waals surface area contributed by atoms with Gasteiger partial charge < -0.3 is 4.74 Å². The lowest BCUT2D eigenvalue weighted by molar-refractivity contribution is 0.400. The minimum atomic E-state index is -1.06. The van der Waals surface area contributed by atoms with Crippen LogP contribution in [0.2, 0.25) is 5.15 Å². The van der Waals surface area contributed by atoms with E-state index in [9.17, 15) is 8.78 Å². The summed E-state index contributed by atoms with van der Waals surface area (Å²) in [5.74, 6) is -1.65. The zero-order valence-electron chi connectivity index (χ0n) is 11.2. The Morgan fingerprint density at radius 2 is 1.90 bits per heavy atom. The Morgan fingerprint density at radius 1 is 1.20 bits per heavy atom. The van der Waals surface area contributed by atoms with E-state index >= 15 is 0 Å². The van der Waals surface area contributed by atoms with Crippen LogP contribution in [0.4, 0.5) is 8.78 Å². The van der Waals surface area contributed by atoms with Crippen molar-refractivity contribution in [2.45, 2.75) is 26.7 Å². The van der Waals surface area contributed by atoms with E-state index in [-0.39, 0.29) is 22.7 Å². The first kappa shape index (κ1) is 14.7. The van der Waals surface area contributed by atoms with Gasteiger partial charge in [0.05, 0.1) is 0 Å². The molecule has 1 aromatic heterocycles. The highest BCUT2D eigenvalue weighted by atomic mass is 35.5. The molecule has 0 fully saturated rings. The minimum absolute atomic E-state index is 0.0350. The molecule has 0 unspecified atom stereocenters. The van der Waals surface area contributed by atoms with Gasteiger partial charge in [0.2, 0.25) is 11.7 Å². The van der Waals surface area contributed by atoms with Crippen LogP contribution in [0, 0.1) is 18.6 Å². The monoisotopic (exact) mass is 298 g/mol. The summed E-state index contributed by atoms with van der Waals surface area (Å²) in [7, 11) is 0. The summed E-state index contributed by atoms with van der Waals surface area (Å²) in [6.45, 7) is 5.44. The predicted octanol–water partition coefficient (Wildman–Crippen LogP) is 4.63. The summed E-state index contributed by atoms with van der Waals surface area (Å²) >= 11 is 6.00. The maximum absolute atomic E-state index is 13.6. The van der Waals surface area contributed by atoms with Crippen LogP contribution < -0.4 is 4.74 Å². The van der Waals surface area contributed by atoms with Crippen molar-refractivity contribution in [3.8, 4) is 11.6 Å². The zero-order valence-corrected chi connectivity index (χ0v) is 12.0. The van der Waals surface area contributed by atoms with Crippen LogP contribution in [0.25, 0.3) is 0 Å². The second-order valence-corrected chi connectivity index (χ2v) is 4.97. The Kier molecular flexibility index (Phi) is 4.18. The number of rotatable bonds is 3. The molecule has 2 aromatic rings. The molecule has 0 aliphatic carbocycles. The van der Waals surface area contributed by atoms with E-state index in [4.69, 9.17) is 16.3 Å². The maximum Gasteiger partial charge on any atom is 0.227 e. The van der Waals surface area contributed by atoms with Crippen molar-refractivity contribution in [2.75, 3.05) is 0 Å². The summed E-state index contributed by atoms with van der Waals surface area (Å²) in [4.78, 5) is 8.31. The summed E-state index contributed by atoms with van der Waals surface area (Å²) in [6.07, 6.45) is 0. The first-order valence-corrected chi connectivity index (χ1v) is 6.43. The molecular weight excluding hydrogens is 286 g/mol. The smallest absolute Gasteiger partial charge is 0.227 e. The topological polar surface area (TPSA) is 35.0 Å². The van der Waals surface area contributed by atoms with Gasteiger partial charge >= 0.3 is 0 Å². The SMILES string of the molecule is Cc1c(Cl)nc(C(C)C)nc1Oc1cccc(F)c1F. The van der Waals surface area contributed by atoms with Crippen LogP contribution in [-0.2, 0) is 0 Å². The van der Waals surface area contributed by atoms with Crippen LogP contribution in [0.3, 0.4) is 0 Å². The average Bonchev–Trinajstić information content (AvgIpc) is 2.39. The van der Waals surface area contributed by atoms with Gasteiger partial charge in [0.15, 0.2) is 11.6 Å². The van der Waals surface area contributed by atoms with Gasteiger partial charge in [-0.2, -0.15) is 9.37 Å². The van der Waals surface area contributed by atoms with Gasteiger partial charge in [0, 0.05) is 11.5 Å². The predicted molar refractivity (Wildman–Crippen MR) is 72.3 cm³/mol. The van der Waals surface area contributed by atoms with Crippen molar-refractivity contribution in [3.63, 3.8) is 0 Å². The molecule has 0 N–H and O–H groups in total. The number of aromatic nitrogens is 2. The van der Waals surface area contributed by atoms with Gasteiger partial charge in [-0.05, 0) is 19.1 Å². The summed E-state index contributed by atoms with van der Waals surface area (Å²) in [5.41, 5.74) is 0.472. The highest BCUT2D eigenvalue weighted by Crippen LogP contribution is 2.30. The van der Waals surface area contributed by atoms with Gasteiger partial charge in [0.25, 0.3) is 0 Å². The van der Waals surface area contributed by atoms with E-state index in [1.165, 1.54) is 12.1 Å². The molecule has 3 nitrogen and oxygen atoms in total. The first-order valence-electron chi connectivity index (χ1n) is 6.06. The summed E-state index contributed by atoms with van der Waals surface area (Å²) in [5, 5.41) is 0.232. The number of ether oxygens (including phenoxy) is 1. The highest BCUT2D eigenvalue weighted by Gasteiger charge is 2.16. The van der Waals surface area contributed by atoms with Crippen LogP contribution in [-0.4, -0.2) is 9.97 Å². The molecule has 0 saturated heterocycles. The van der Waals surface area contributed by atoms with Crippen LogP contribution in [0.5, 0.6) is 11.6 Å². The fourth-order valence-corrected chi connectivity index (χ4v) is 1.68. The Bertz CT molecular complexity index is 647. The van der Waals surface area contributed by atoms with Gasteiger partial charge in [0.1, 0.15) is 11.0 Å². The second-order valence-electron chi connectivity index (χ2n) is 4.61. The van der Waals surface area contributed by atoms with E-state index in [1.54, 1.807) is 6.92 Å². The molecule has 0 bridgehead atoms. The number of hydrogen-bond acceptors (Lipinski definition) is 3. The lowest BCUT2D eigenvalue weighted by Crippen LogP contribution is -2.03. The van der Waals surface area contributed by atoms with E-state index < -0.39 is 11.6 Å². The molecule has 106 valence electrons. The Hall–Kier alpha value is -1.75. The van der Waals surface area contributed by atoms with E-state index in [2.05, 4.69) is 9.97 Å². The zero-order chi connectivity index (χ0) is 14.9. The van der Waals surface area contributed by atoms with Crippen LogP contribution in [0.15, 0.2) is 18.2 Å². The molecule has 1 aromatic carbocycles. The van der Waals surface area contributed by atoms with E-state index in [0.717, 1.165) is 6.07 Å². The fraction of sp³-hybridized carbons (Fsp3) is 0.286. The number of halogens is 3. The number of hydrogen-bond donors (Lipinski definition) is 0. The largest absolute Gasteiger partial charge is 0.435 e. The molecular formula is C14H13ClF2N2O. The average molecular weight is 299 g/mol. The minimum Gasteiger partial charge on any atom is -0.435 e. The fourth-order valence-electron chi connectivity index (χ4n) is 1.51. The van der Waals surface area contributed by atoms with Gasteiger partial charge in [-0.15, -0.1) is 0 Å². The first-order chi connectivity index (χ1) is 9.40. The van der Waals surface area contributed by atoms with Crippen molar-refractivity contribution in [2.24, 2.45) is 0 Å². The third kappa shape index (κ3) is 2.88. The standard InChI is InChI=1S/C14H13ClF2N2O/c1-7(2)13-18-12(15)8(3)14(19-13)20-10-6-4-5-9(16)11(10)17/h4-7H,1-3H3. The van der Waals surface area contributed by atoms with E-state index in [0.29, 0.717) is 11.4 Å². The van der Waals surface area contributed by atoms with Crippen molar-refractivity contribution < 1.29 is 13.5 Å². The molecule has 0 saturated carbocycles. The van der Waals surface area contributed by atoms with Crippen molar-refractivity contribution in [1.29, 1.82) is 0 Å². The van der Waals surface area contributed by atoms with Crippen LogP contribution in [0.1, 0.15) is 31.2 Å². The van der Waals surface area contributed by atoms with Gasteiger partial charge in [-0.1, -0.05) is 31.5 Å². The molecule has 0 spiro atoms. The number of benzene rings is 1. The molecule has 2 rings (SSSR count). The molecule has 0 amide bonds. The van der Waals surface area contributed by atoms with E-state index in [1.807, 2.05) is 13.8 Å². The Morgan fingerprint density at radius 3 is 2.55 bits per heavy atom. The Balaban J connectivity index is 2.45. The van der Waals surface area contributed by atoms with Crippen molar-refractivity contribution >= 4 is 11.6 Å². The summed E-state index contributed by atoms with van der Waals surface area (Å²) in [6, 6.07) is 3.69. The van der Waals surface area contributed by atoms with Gasteiger partial charge in [-0.3, -0.25) is 0 Å². The third-order valence-corrected chi connectivity index (χ3v) is 3.07. The quantitative estimate of drug-likeness (QED) is 0.775. The third-order valence-electron chi connectivity index (χ3n) is 2.70. The molecule has 0 aliphatic rings. The summed E-state index contributed by atoms with van der Waals surface area (Å²) < 4.78 is 32.1. The maximum atomic E-state index is 13.6. The molecule has 1 heterocycles. The molecule has 20 heavy (non-hydrogen) atoms. The van der Waals surface area contributed by atoms with Crippen molar-refractivity contribution in [1.82, 2.24) is 9.97 Å². The Labute approximate surface area is 120 Å².